The minimum atomic E-state index is -0.219. The van der Waals surface area contributed by atoms with Gasteiger partial charge in [-0.25, -0.2) is 9.78 Å². The molecule has 1 aromatic carbocycles. The second-order valence-electron chi connectivity index (χ2n) is 4.22. The zero-order chi connectivity index (χ0) is 13.4. The van der Waals surface area contributed by atoms with Gasteiger partial charge in [0.15, 0.2) is 0 Å². The van der Waals surface area contributed by atoms with Gasteiger partial charge < -0.3 is 14.7 Å². The molecule has 0 amide bonds. The molecular formula is C13H12N4O2. The Morgan fingerprint density at radius 2 is 1.89 bits per heavy atom. The third kappa shape index (κ3) is 2.08. The summed E-state index contributed by atoms with van der Waals surface area (Å²) < 4.78 is 5.06. The van der Waals surface area contributed by atoms with Crippen LogP contribution in [-0.4, -0.2) is 27.0 Å². The maximum absolute atomic E-state index is 11.2. The third-order valence-corrected chi connectivity index (χ3v) is 2.83. The van der Waals surface area contributed by atoms with Crippen LogP contribution in [0, 0.1) is 6.92 Å². The minimum absolute atomic E-state index is 0.219. The number of hydrogen-bond donors (Lipinski definition) is 2. The Kier molecular flexibility index (Phi) is 2.56. The Morgan fingerprint density at radius 3 is 2.68 bits per heavy atom. The van der Waals surface area contributed by atoms with Crippen molar-refractivity contribution in [3.8, 4) is 17.3 Å². The molecule has 0 radical (unpaired) electrons. The molecule has 96 valence electrons. The Morgan fingerprint density at radius 1 is 1.11 bits per heavy atom. The van der Waals surface area contributed by atoms with Crippen molar-refractivity contribution in [3.63, 3.8) is 0 Å². The maximum Gasteiger partial charge on any atom is 0.323 e. The van der Waals surface area contributed by atoms with Gasteiger partial charge >= 0.3 is 11.7 Å². The summed E-state index contributed by atoms with van der Waals surface area (Å²) in [6, 6.07) is 7.81. The van der Waals surface area contributed by atoms with E-state index in [4.69, 9.17) is 4.74 Å². The number of ether oxygens (including phenoxy) is 1. The van der Waals surface area contributed by atoms with Crippen LogP contribution in [0.15, 0.2) is 29.1 Å². The number of benzene rings is 1. The molecule has 2 heterocycles. The van der Waals surface area contributed by atoms with E-state index in [9.17, 15) is 4.79 Å². The minimum Gasteiger partial charge on any atom is -0.467 e. The normalized spacial score (nSPS) is 10.8. The van der Waals surface area contributed by atoms with Crippen LogP contribution < -0.4 is 10.4 Å². The van der Waals surface area contributed by atoms with Gasteiger partial charge in [0.1, 0.15) is 0 Å². The second kappa shape index (κ2) is 4.24. The van der Waals surface area contributed by atoms with Crippen LogP contribution in [0.2, 0.25) is 0 Å². The second-order valence-corrected chi connectivity index (χ2v) is 4.22. The van der Waals surface area contributed by atoms with E-state index in [0.29, 0.717) is 6.01 Å². The van der Waals surface area contributed by atoms with E-state index < -0.39 is 0 Å². The van der Waals surface area contributed by atoms with Crippen LogP contribution in [-0.2, 0) is 0 Å². The molecule has 2 N–H and O–H groups in total. The molecular weight excluding hydrogens is 244 g/mol. The van der Waals surface area contributed by atoms with Crippen LogP contribution in [0.1, 0.15) is 5.69 Å². The Bertz CT molecular complexity index is 804. The molecule has 0 atom stereocenters. The fraction of sp³-hybridized carbons (Fsp3) is 0.154. The molecule has 2 aromatic heterocycles. The Hall–Kier alpha value is -2.63. The highest BCUT2D eigenvalue weighted by Gasteiger charge is 2.07. The molecule has 0 fully saturated rings. The smallest absolute Gasteiger partial charge is 0.323 e. The molecule has 0 saturated heterocycles. The molecule has 0 bridgehead atoms. The quantitative estimate of drug-likeness (QED) is 0.730. The predicted molar refractivity (Wildman–Crippen MR) is 71.2 cm³/mol. The number of nitrogens with zero attached hydrogens (tertiary/aromatic N) is 2. The van der Waals surface area contributed by atoms with Crippen LogP contribution >= 0.6 is 0 Å². The van der Waals surface area contributed by atoms with Gasteiger partial charge in [0.25, 0.3) is 0 Å². The van der Waals surface area contributed by atoms with Gasteiger partial charge in [-0.15, -0.1) is 0 Å². The lowest BCUT2D eigenvalue weighted by Crippen LogP contribution is -1.99. The molecule has 0 aliphatic rings. The lowest BCUT2D eigenvalue weighted by atomic mass is 10.1. The summed E-state index contributed by atoms with van der Waals surface area (Å²) in [5, 5.41) is 0. The first-order chi connectivity index (χ1) is 9.15. The Labute approximate surface area is 108 Å². The topological polar surface area (TPSA) is 83.7 Å². The lowest BCUT2D eigenvalue weighted by molar-refractivity contribution is 0.379. The van der Waals surface area contributed by atoms with Crippen molar-refractivity contribution >= 4 is 11.0 Å². The number of aryl methyl sites for hydroxylation is 1. The lowest BCUT2D eigenvalue weighted by Gasteiger charge is -2.05. The van der Waals surface area contributed by atoms with E-state index in [1.165, 1.54) is 7.11 Å². The first kappa shape index (κ1) is 11.5. The highest BCUT2D eigenvalue weighted by molar-refractivity contribution is 5.80. The van der Waals surface area contributed by atoms with Crippen molar-refractivity contribution in [3.05, 3.63) is 40.4 Å². The van der Waals surface area contributed by atoms with Gasteiger partial charge in [0.05, 0.1) is 23.8 Å². The van der Waals surface area contributed by atoms with Crippen LogP contribution in [0.5, 0.6) is 6.01 Å². The molecule has 0 spiro atoms. The molecule has 6 heteroatoms. The zero-order valence-corrected chi connectivity index (χ0v) is 10.5. The number of fused-ring (bicyclic) bond motifs is 1. The van der Waals surface area contributed by atoms with Gasteiger partial charge in [-0.3, -0.25) is 0 Å². The first-order valence-corrected chi connectivity index (χ1v) is 5.78. The van der Waals surface area contributed by atoms with E-state index in [2.05, 4.69) is 19.9 Å². The summed E-state index contributed by atoms with van der Waals surface area (Å²) >= 11 is 0. The summed E-state index contributed by atoms with van der Waals surface area (Å²) in [6.45, 7) is 1.88. The number of aromatic amines is 2. The summed E-state index contributed by atoms with van der Waals surface area (Å²) in [4.78, 5) is 25.1. The summed E-state index contributed by atoms with van der Waals surface area (Å²) in [7, 11) is 1.53. The highest BCUT2D eigenvalue weighted by atomic mass is 16.5. The highest BCUT2D eigenvalue weighted by Crippen LogP contribution is 2.22. The van der Waals surface area contributed by atoms with Gasteiger partial charge in [-0.05, 0) is 25.1 Å². The van der Waals surface area contributed by atoms with E-state index >= 15 is 0 Å². The van der Waals surface area contributed by atoms with E-state index in [-0.39, 0.29) is 5.69 Å². The number of imidazole rings is 1. The van der Waals surface area contributed by atoms with Gasteiger partial charge in [-0.2, -0.15) is 4.98 Å². The SMILES string of the molecule is COc1nc(C)cc(-c2ccc3[nH]c(=O)[nH]c3c2)n1. The van der Waals surface area contributed by atoms with Gasteiger partial charge in [0.2, 0.25) is 0 Å². The summed E-state index contributed by atoms with van der Waals surface area (Å²) in [5.74, 6) is 0. The predicted octanol–water partition coefficient (Wildman–Crippen LogP) is 1.63. The number of nitrogens with one attached hydrogen (secondary N) is 2. The monoisotopic (exact) mass is 256 g/mol. The number of aromatic nitrogens is 4. The molecule has 3 rings (SSSR count). The van der Waals surface area contributed by atoms with Crippen molar-refractivity contribution in [1.82, 2.24) is 19.9 Å². The van der Waals surface area contributed by atoms with Crippen molar-refractivity contribution in [2.45, 2.75) is 6.92 Å². The average molecular weight is 256 g/mol. The number of methoxy groups -OCH3 is 1. The Balaban J connectivity index is 2.17. The summed E-state index contributed by atoms with van der Waals surface area (Å²) in [6.07, 6.45) is 0. The molecule has 0 saturated carbocycles. The van der Waals surface area contributed by atoms with E-state index in [1.54, 1.807) is 0 Å². The standard InChI is InChI=1S/C13H12N4O2/c1-7-5-10(17-13(14-7)19-2)8-3-4-9-11(6-8)16-12(18)15-9/h3-6H,1-2H3,(H2,15,16,18). The van der Waals surface area contributed by atoms with E-state index in [1.807, 2.05) is 31.2 Å². The molecule has 0 unspecified atom stereocenters. The van der Waals surface area contributed by atoms with Crippen molar-refractivity contribution in [2.24, 2.45) is 0 Å². The largest absolute Gasteiger partial charge is 0.467 e. The van der Waals surface area contributed by atoms with Crippen LogP contribution in [0.3, 0.4) is 0 Å². The van der Waals surface area contributed by atoms with Crippen molar-refractivity contribution in [2.75, 3.05) is 7.11 Å². The number of hydrogen-bond acceptors (Lipinski definition) is 4. The van der Waals surface area contributed by atoms with Crippen molar-refractivity contribution in [1.29, 1.82) is 0 Å². The molecule has 3 aromatic rings. The molecule has 0 aliphatic carbocycles. The number of H-pyrrole nitrogens is 2. The fourth-order valence-corrected chi connectivity index (χ4v) is 1.97. The first-order valence-electron chi connectivity index (χ1n) is 5.78. The third-order valence-electron chi connectivity index (χ3n) is 2.83. The maximum atomic E-state index is 11.2. The molecule has 19 heavy (non-hydrogen) atoms. The fourth-order valence-electron chi connectivity index (χ4n) is 1.97. The molecule has 6 nitrogen and oxygen atoms in total. The van der Waals surface area contributed by atoms with E-state index in [0.717, 1.165) is 28.0 Å². The number of rotatable bonds is 2. The molecule has 0 aliphatic heterocycles. The summed E-state index contributed by atoms with van der Waals surface area (Å²) in [5.41, 5.74) is 3.78. The average Bonchev–Trinajstić information content (AvgIpc) is 2.76. The van der Waals surface area contributed by atoms with Crippen LogP contribution in [0.4, 0.5) is 0 Å². The van der Waals surface area contributed by atoms with Crippen LogP contribution in [0.25, 0.3) is 22.3 Å². The van der Waals surface area contributed by atoms with Gasteiger partial charge in [-0.1, -0.05) is 6.07 Å². The zero-order valence-electron chi connectivity index (χ0n) is 10.5. The van der Waals surface area contributed by atoms with Crippen molar-refractivity contribution < 1.29 is 4.74 Å². The van der Waals surface area contributed by atoms with Gasteiger partial charge in [0, 0.05) is 11.3 Å².